The number of anilines is 1. The van der Waals surface area contributed by atoms with E-state index in [4.69, 9.17) is 10.00 Å². The first-order valence-corrected chi connectivity index (χ1v) is 8.46. The second kappa shape index (κ2) is 8.43. The number of carbonyl (C=O) groups excluding carboxylic acids is 1. The van der Waals surface area contributed by atoms with Crippen LogP contribution in [0.15, 0.2) is 48.5 Å². The molecule has 0 unspecified atom stereocenters. The SMILES string of the molecule is N#Cc1cccc(CNCc2cccc(NC(=O)[C@H]3CCCO3)c2)c1. The number of hydrogen-bond donors (Lipinski definition) is 2. The molecule has 2 aromatic rings. The normalized spacial score (nSPS) is 16.4. The van der Waals surface area contributed by atoms with E-state index in [-0.39, 0.29) is 12.0 Å². The summed E-state index contributed by atoms with van der Waals surface area (Å²) in [6, 6.07) is 17.5. The Morgan fingerprint density at radius 2 is 1.92 bits per heavy atom. The van der Waals surface area contributed by atoms with Crippen LogP contribution in [0.3, 0.4) is 0 Å². The zero-order chi connectivity index (χ0) is 17.5. The largest absolute Gasteiger partial charge is 0.368 e. The van der Waals surface area contributed by atoms with Gasteiger partial charge >= 0.3 is 0 Å². The lowest BCUT2D eigenvalue weighted by Gasteiger charge is -2.12. The minimum Gasteiger partial charge on any atom is -0.368 e. The molecule has 1 fully saturated rings. The molecular weight excluding hydrogens is 314 g/mol. The van der Waals surface area contributed by atoms with Crippen molar-refractivity contribution >= 4 is 11.6 Å². The molecule has 128 valence electrons. The van der Waals surface area contributed by atoms with E-state index < -0.39 is 0 Å². The van der Waals surface area contributed by atoms with Crippen molar-refractivity contribution < 1.29 is 9.53 Å². The van der Waals surface area contributed by atoms with Gasteiger partial charge in [-0.3, -0.25) is 4.79 Å². The summed E-state index contributed by atoms with van der Waals surface area (Å²) in [7, 11) is 0. The van der Waals surface area contributed by atoms with Gasteiger partial charge in [-0.05, 0) is 48.2 Å². The van der Waals surface area contributed by atoms with Crippen molar-refractivity contribution in [1.82, 2.24) is 5.32 Å². The van der Waals surface area contributed by atoms with E-state index in [0.717, 1.165) is 29.7 Å². The highest BCUT2D eigenvalue weighted by atomic mass is 16.5. The summed E-state index contributed by atoms with van der Waals surface area (Å²) in [6.45, 7) is 2.03. The Labute approximate surface area is 147 Å². The van der Waals surface area contributed by atoms with Crippen LogP contribution in [0.2, 0.25) is 0 Å². The van der Waals surface area contributed by atoms with Crippen LogP contribution in [0, 0.1) is 11.3 Å². The van der Waals surface area contributed by atoms with Gasteiger partial charge in [0.1, 0.15) is 6.10 Å². The first-order chi connectivity index (χ1) is 12.2. The van der Waals surface area contributed by atoms with Crippen molar-refractivity contribution in [2.75, 3.05) is 11.9 Å². The second-order valence-corrected chi connectivity index (χ2v) is 6.11. The molecule has 5 heteroatoms. The molecule has 5 nitrogen and oxygen atoms in total. The van der Waals surface area contributed by atoms with Crippen molar-refractivity contribution in [3.63, 3.8) is 0 Å². The topological polar surface area (TPSA) is 74.2 Å². The fourth-order valence-electron chi connectivity index (χ4n) is 2.87. The van der Waals surface area contributed by atoms with E-state index in [0.29, 0.717) is 25.3 Å². The molecular formula is C20H21N3O2. The molecule has 1 saturated heterocycles. The van der Waals surface area contributed by atoms with Gasteiger partial charge in [-0.2, -0.15) is 5.26 Å². The maximum atomic E-state index is 12.1. The first kappa shape index (κ1) is 17.2. The van der Waals surface area contributed by atoms with E-state index in [9.17, 15) is 4.79 Å². The third kappa shape index (κ3) is 4.90. The smallest absolute Gasteiger partial charge is 0.253 e. The minimum atomic E-state index is -0.325. The summed E-state index contributed by atoms with van der Waals surface area (Å²) in [6.07, 6.45) is 1.40. The Morgan fingerprint density at radius 1 is 1.16 bits per heavy atom. The van der Waals surface area contributed by atoms with E-state index in [1.165, 1.54) is 0 Å². The molecule has 25 heavy (non-hydrogen) atoms. The molecule has 0 bridgehead atoms. The highest BCUT2D eigenvalue weighted by Gasteiger charge is 2.23. The highest BCUT2D eigenvalue weighted by Crippen LogP contribution is 2.16. The molecule has 0 radical (unpaired) electrons. The summed E-state index contributed by atoms with van der Waals surface area (Å²) in [5.41, 5.74) is 3.60. The van der Waals surface area contributed by atoms with Gasteiger partial charge in [-0.15, -0.1) is 0 Å². The van der Waals surface area contributed by atoms with Crippen LogP contribution in [0.5, 0.6) is 0 Å². The zero-order valence-corrected chi connectivity index (χ0v) is 14.0. The van der Waals surface area contributed by atoms with Crippen molar-refractivity contribution in [3.8, 4) is 6.07 Å². The van der Waals surface area contributed by atoms with Crippen LogP contribution in [-0.4, -0.2) is 18.6 Å². The number of nitriles is 1. The molecule has 2 aromatic carbocycles. The monoisotopic (exact) mass is 335 g/mol. The fraction of sp³-hybridized carbons (Fsp3) is 0.300. The summed E-state index contributed by atoms with van der Waals surface area (Å²) >= 11 is 0. The number of amides is 1. The van der Waals surface area contributed by atoms with Gasteiger partial charge in [0.05, 0.1) is 11.6 Å². The van der Waals surface area contributed by atoms with Crippen molar-refractivity contribution in [1.29, 1.82) is 5.26 Å². The molecule has 0 spiro atoms. The van der Waals surface area contributed by atoms with Gasteiger partial charge in [0, 0.05) is 25.4 Å². The van der Waals surface area contributed by atoms with Crippen LogP contribution in [0.4, 0.5) is 5.69 Å². The quantitative estimate of drug-likeness (QED) is 0.851. The minimum absolute atomic E-state index is 0.0732. The maximum absolute atomic E-state index is 12.1. The molecule has 1 amide bonds. The molecule has 3 rings (SSSR count). The predicted molar refractivity (Wildman–Crippen MR) is 95.7 cm³/mol. The number of ether oxygens (including phenoxy) is 1. The van der Waals surface area contributed by atoms with Crippen LogP contribution >= 0.6 is 0 Å². The summed E-state index contributed by atoms with van der Waals surface area (Å²) in [5, 5.41) is 15.2. The lowest BCUT2D eigenvalue weighted by Crippen LogP contribution is -2.26. The lowest BCUT2D eigenvalue weighted by molar-refractivity contribution is -0.124. The molecule has 1 aliphatic rings. The average Bonchev–Trinajstić information content (AvgIpc) is 3.17. The molecule has 0 aliphatic carbocycles. The van der Waals surface area contributed by atoms with Gasteiger partial charge in [-0.25, -0.2) is 0 Å². The Hall–Kier alpha value is -2.68. The van der Waals surface area contributed by atoms with Gasteiger partial charge in [0.25, 0.3) is 5.91 Å². The zero-order valence-electron chi connectivity index (χ0n) is 14.0. The molecule has 2 N–H and O–H groups in total. The first-order valence-electron chi connectivity index (χ1n) is 8.46. The van der Waals surface area contributed by atoms with E-state index in [1.807, 2.05) is 42.5 Å². The Bertz CT molecular complexity index is 777. The average molecular weight is 335 g/mol. The Morgan fingerprint density at radius 3 is 2.64 bits per heavy atom. The van der Waals surface area contributed by atoms with Crippen molar-refractivity contribution in [2.45, 2.75) is 32.0 Å². The predicted octanol–water partition coefficient (Wildman–Crippen LogP) is 2.97. The third-order valence-electron chi connectivity index (χ3n) is 4.13. The van der Waals surface area contributed by atoms with Gasteiger partial charge in [-0.1, -0.05) is 24.3 Å². The van der Waals surface area contributed by atoms with Gasteiger partial charge in [0.2, 0.25) is 0 Å². The van der Waals surface area contributed by atoms with Gasteiger partial charge < -0.3 is 15.4 Å². The number of carbonyl (C=O) groups is 1. The van der Waals surface area contributed by atoms with Crippen LogP contribution in [0.1, 0.15) is 29.5 Å². The van der Waals surface area contributed by atoms with Crippen LogP contribution in [-0.2, 0) is 22.6 Å². The Balaban J connectivity index is 1.52. The van der Waals surface area contributed by atoms with E-state index in [2.05, 4.69) is 16.7 Å². The Kier molecular flexibility index (Phi) is 5.78. The van der Waals surface area contributed by atoms with Gasteiger partial charge in [0.15, 0.2) is 0 Å². The maximum Gasteiger partial charge on any atom is 0.253 e. The number of hydrogen-bond acceptors (Lipinski definition) is 4. The number of benzene rings is 2. The highest BCUT2D eigenvalue weighted by molar-refractivity contribution is 5.94. The fourth-order valence-corrected chi connectivity index (χ4v) is 2.87. The van der Waals surface area contributed by atoms with Crippen LogP contribution < -0.4 is 10.6 Å². The second-order valence-electron chi connectivity index (χ2n) is 6.11. The number of nitrogens with zero attached hydrogens (tertiary/aromatic N) is 1. The summed E-state index contributed by atoms with van der Waals surface area (Å²) in [5.74, 6) is -0.0732. The van der Waals surface area contributed by atoms with Crippen molar-refractivity contribution in [2.24, 2.45) is 0 Å². The summed E-state index contributed by atoms with van der Waals surface area (Å²) in [4.78, 5) is 12.1. The third-order valence-corrected chi connectivity index (χ3v) is 4.13. The molecule has 0 aromatic heterocycles. The van der Waals surface area contributed by atoms with Crippen LogP contribution in [0.25, 0.3) is 0 Å². The van der Waals surface area contributed by atoms with E-state index in [1.54, 1.807) is 6.07 Å². The lowest BCUT2D eigenvalue weighted by atomic mass is 10.1. The standard InChI is InChI=1S/C20H21N3O2/c21-12-15-4-1-5-16(10-15)13-22-14-17-6-2-7-18(11-17)23-20(24)19-8-3-9-25-19/h1-2,4-7,10-11,19,22H,3,8-9,13-14H2,(H,23,24)/t19-/m1/s1. The summed E-state index contributed by atoms with van der Waals surface area (Å²) < 4.78 is 5.40. The van der Waals surface area contributed by atoms with E-state index >= 15 is 0 Å². The molecule has 1 heterocycles. The van der Waals surface area contributed by atoms with Crippen molar-refractivity contribution in [3.05, 3.63) is 65.2 Å². The number of rotatable bonds is 6. The molecule has 1 aliphatic heterocycles. The molecule has 1 atom stereocenters. The number of nitrogens with one attached hydrogen (secondary N) is 2. The molecule has 0 saturated carbocycles.